The molecule has 1 aromatic rings. The first-order valence-electron chi connectivity index (χ1n) is 3.85. The molecule has 0 bridgehead atoms. The second-order valence-corrected chi connectivity index (χ2v) is 4.36. The number of hydrogen-bond donors (Lipinski definition) is 2. The van der Waals surface area contributed by atoms with E-state index in [4.69, 9.17) is 5.73 Å². The van der Waals surface area contributed by atoms with Gasteiger partial charge in [0.15, 0.2) is 0 Å². The van der Waals surface area contributed by atoms with Gasteiger partial charge in [0.25, 0.3) is 0 Å². The van der Waals surface area contributed by atoms with Crippen LogP contribution in [-0.4, -0.2) is 21.2 Å². The van der Waals surface area contributed by atoms with Gasteiger partial charge >= 0.3 is 0 Å². The number of nitrogen functional groups attached to an aromatic ring is 1. The SMILES string of the molecule is Nc1cccc(S(=O)(=O)NCC=O)c1. The van der Waals surface area contributed by atoms with E-state index in [0.29, 0.717) is 12.0 Å². The molecule has 76 valence electrons. The van der Waals surface area contributed by atoms with Crippen molar-refractivity contribution in [2.75, 3.05) is 12.3 Å². The van der Waals surface area contributed by atoms with Gasteiger partial charge in [0.05, 0.1) is 11.4 Å². The Morgan fingerprint density at radius 1 is 1.43 bits per heavy atom. The fourth-order valence-corrected chi connectivity index (χ4v) is 1.91. The van der Waals surface area contributed by atoms with Crippen molar-refractivity contribution in [3.05, 3.63) is 24.3 Å². The molecule has 0 aliphatic carbocycles. The van der Waals surface area contributed by atoms with E-state index in [1.165, 1.54) is 18.2 Å². The molecule has 0 radical (unpaired) electrons. The number of benzene rings is 1. The Hall–Kier alpha value is -1.40. The second kappa shape index (κ2) is 4.21. The van der Waals surface area contributed by atoms with Gasteiger partial charge < -0.3 is 10.5 Å². The molecule has 1 rings (SSSR count). The third-order valence-corrected chi connectivity index (χ3v) is 2.95. The Kier molecular flexibility index (Phi) is 3.21. The van der Waals surface area contributed by atoms with E-state index in [9.17, 15) is 13.2 Å². The highest BCUT2D eigenvalue weighted by Gasteiger charge is 2.12. The molecule has 6 heteroatoms. The van der Waals surface area contributed by atoms with E-state index < -0.39 is 10.0 Å². The highest BCUT2D eigenvalue weighted by Crippen LogP contribution is 2.11. The lowest BCUT2D eigenvalue weighted by Crippen LogP contribution is -2.25. The summed E-state index contributed by atoms with van der Waals surface area (Å²) < 4.78 is 24.9. The highest BCUT2D eigenvalue weighted by molar-refractivity contribution is 7.89. The zero-order chi connectivity index (χ0) is 10.6. The number of aldehydes is 1. The normalized spacial score (nSPS) is 11.1. The monoisotopic (exact) mass is 214 g/mol. The number of nitrogens with two attached hydrogens (primary N) is 1. The molecule has 0 aliphatic rings. The second-order valence-electron chi connectivity index (χ2n) is 2.59. The Morgan fingerprint density at radius 2 is 2.14 bits per heavy atom. The first kappa shape index (κ1) is 10.7. The maximum atomic E-state index is 11.4. The van der Waals surface area contributed by atoms with Crippen molar-refractivity contribution in [1.29, 1.82) is 0 Å². The summed E-state index contributed by atoms with van der Waals surface area (Å²) in [5.74, 6) is 0. The average molecular weight is 214 g/mol. The lowest BCUT2D eigenvalue weighted by Gasteiger charge is -2.03. The summed E-state index contributed by atoms with van der Waals surface area (Å²) in [4.78, 5) is 10.1. The van der Waals surface area contributed by atoms with Crippen LogP contribution < -0.4 is 10.5 Å². The first-order chi connectivity index (χ1) is 6.56. The van der Waals surface area contributed by atoms with Crippen molar-refractivity contribution in [2.24, 2.45) is 0 Å². The molecule has 5 nitrogen and oxygen atoms in total. The Morgan fingerprint density at radius 3 is 2.71 bits per heavy atom. The Labute approximate surface area is 82.0 Å². The summed E-state index contributed by atoms with van der Waals surface area (Å²) in [6.07, 6.45) is 0.476. The number of carbonyl (C=O) groups excluding carboxylic acids is 1. The van der Waals surface area contributed by atoms with Gasteiger partial charge in [-0.25, -0.2) is 13.1 Å². The zero-order valence-corrected chi connectivity index (χ0v) is 8.12. The van der Waals surface area contributed by atoms with Crippen molar-refractivity contribution in [1.82, 2.24) is 4.72 Å². The Balaban J connectivity index is 2.98. The van der Waals surface area contributed by atoms with Crippen molar-refractivity contribution < 1.29 is 13.2 Å². The predicted molar refractivity (Wildman–Crippen MR) is 52.1 cm³/mol. The molecule has 0 aliphatic heterocycles. The van der Waals surface area contributed by atoms with Crippen LogP contribution >= 0.6 is 0 Å². The van der Waals surface area contributed by atoms with Gasteiger partial charge in [0.1, 0.15) is 6.29 Å². The van der Waals surface area contributed by atoms with Crippen LogP contribution in [0.15, 0.2) is 29.2 Å². The van der Waals surface area contributed by atoms with Crippen LogP contribution in [0.4, 0.5) is 5.69 Å². The molecule has 0 amide bonds. The number of hydrogen-bond acceptors (Lipinski definition) is 4. The average Bonchev–Trinajstić information content (AvgIpc) is 2.15. The number of anilines is 1. The molecule has 1 aromatic carbocycles. The van der Waals surface area contributed by atoms with Crippen molar-refractivity contribution in [3.63, 3.8) is 0 Å². The molecule has 0 saturated heterocycles. The van der Waals surface area contributed by atoms with Crippen LogP contribution in [-0.2, 0) is 14.8 Å². The standard InChI is InChI=1S/C8H10N2O3S/c9-7-2-1-3-8(6-7)14(12,13)10-4-5-11/h1-3,5-6,10H,4,9H2. The fraction of sp³-hybridized carbons (Fsp3) is 0.125. The van der Waals surface area contributed by atoms with Crippen LogP contribution in [0.3, 0.4) is 0 Å². The number of rotatable bonds is 4. The van der Waals surface area contributed by atoms with E-state index in [-0.39, 0.29) is 11.4 Å². The third-order valence-electron chi connectivity index (χ3n) is 1.53. The summed E-state index contributed by atoms with van der Waals surface area (Å²) in [5, 5.41) is 0. The van der Waals surface area contributed by atoms with Gasteiger partial charge in [-0.05, 0) is 18.2 Å². The van der Waals surface area contributed by atoms with Crippen molar-refractivity contribution in [3.8, 4) is 0 Å². The summed E-state index contributed by atoms with van der Waals surface area (Å²) in [7, 11) is -3.61. The van der Waals surface area contributed by atoms with E-state index in [1.54, 1.807) is 6.07 Å². The lowest BCUT2D eigenvalue weighted by atomic mass is 10.3. The van der Waals surface area contributed by atoms with Gasteiger partial charge in [-0.2, -0.15) is 0 Å². The number of sulfonamides is 1. The summed E-state index contributed by atoms with van der Waals surface area (Å²) in [6.45, 7) is -0.239. The maximum Gasteiger partial charge on any atom is 0.241 e. The zero-order valence-electron chi connectivity index (χ0n) is 7.30. The van der Waals surface area contributed by atoms with Crippen molar-refractivity contribution >= 4 is 22.0 Å². The molecule has 0 spiro atoms. The van der Waals surface area contributed by atoms with Crippen LogP contribution in [0.5, 0.6) is 0 Å². The minimum Gasteiger partial charge on any atom is -0.399 e. The summed E-state index contributed by atoms with van der Waals surface area (Å²) >= 11 is 0. The summed E-state index contributed by atoms with van der Waals surface area (Å²) in [6, 6.07) is 5.85. The first-order valence-corrected chi connectivity index (χ1v) is 5.33. The minimum atomic E-state index is -3.61. The van der Waals surface area contributed by atoms with E-state index in [0.717, 1.165) is 0 Å². The molecule has 0 heterocycles. The molecule has 0 fully saturated rings. The maximum absolute atomic E-state index is 11.4. The smallest absolute Gasteiger partial charge is 0.241 e. The molecule has 0 unspecified atom stereocenters. The molecule has 14 heavy (non-hydrogen) atoms. The van der Waals surface area contributed by atoms with Gasteiger partial charge in [-0.1, -0.05) is 6.07 Å². The molecule has 0 aromatic heterocycles. The molecular weight excluding hydrogens is 204 g/mol. The molecule has 0 atom stereocenters. The highest BCUT2D eigenvalue weighted by atomic mass is 32.2. The van der Waals surface area contributed by atoms with Crippen LogP contribution in [0.25, 0.3) is 0 Å². The quantitative estimate of drug-likeness (QED) is 0.534. The molecule has 0 saturated carbocycles. The van der Waals surface area contributed by atoms with E-state index in [1.807, 2.05) is 0 Å². The molecule has 3 N–H and O–H groups in total. The largest absolute Gasteiger partial charge is 0.399 e. The number of carbonyl (C=O) groups is 1. The van der Waals surface area contributed by atoms with Crippen LogP contribution in [0, 0.1) is 0 Å². The van der Waals surface area contributed by atoms with Crippen LogP contribution in [0.1, 0.15) is 0 Å². The van der Waals surface area contributed by atoms with E-state index >= 15 is 0 Å². The predicted octanol–water partition coefficient (Wildman–Crippen LogP) is -0.254. The van der Waals surface area contributed by atoms with Gasteiger partial charge in [-0.15, -0.1) is 0 Å². The van der Waals surface area contributed by atoms with E-state index in [2.05, 4.69) is 4.72 Å². The number of nitrogens with one attached hydrogen (secondary N) is 1. The van der Waals surface area contributed by atoms with Gasteiger partial charge in [0, 0.05) is 5.69 Å². The van der Waals surface area contributed by atoms with Crippen molar-refractivity contribution in [2.45, 2.75) is 4.90 Å². The van der Waals surface area contributed by atoms with Gasteiger partial charge in [-0.3, -0.25) is 0 Å². The fourth-order valence-electron chi connectivity index (χ4n) is 0.909. The Bertz CT molecular complexity index is 428. The molecular formula is C8H10N2O3S. The summed E-state index contributed by atoms with van der Waals surface area (Å²) in [5.41, 5.74) is 5.78. The third kappa shape index (κ3) is 2.54. The van der Waals surface area contributed by atoms with Gasteiger partial charge in [0.2, 0.25) is 10.0 Å². The van der Waals surface area contributed by atoms with Crippen LogP contribution in [0.2, 0.25) is 0 Å². The topological polar surface area (TPSA) is 89.3 Å². The minimum absolute atomic E-state index is 0.0550. The lowest BCUT2D eigenvalue weighted by molar-refractivity contribution is -0.106.